The van der Waals surface area contributed by atoms with Gasteiger partial charge in [-0.15, -0.1) is 10.2 Å². The van der Waals surface area contributed by atoms with Crippen molar-refractivity contribution in [3.63, 3.8) is 0 Å². The lowest BCUT2D eigenvalue weighted by molar-refractivity contribution is 0.109. The van der Waals surface area contributed by atoms with Gasteiger partial charge in [0.1, 0.15) is 0 Å². The van der Waals surface area contributed by atoms with Gasteiger partial charge in [0.05, 0.1) is 23.2 Å². The highest BCUT2D eigenvalue weighted by Gasteiger charge is 2.37. The van der Waals surface area contributed by atoms with Crippen LogP contribution in [0, 0.1) is 0 Å². The number of hydrogen-bond donors (Lipinski definition) is 0. The Balaban J connectivity index is 1.96. The van der Waals surface area contributed by atoms with E-state index < -0.39 is 10.0 Å². The van der Waals surface area contributed by atoms with E-state index in [4.69, 9.17) is 4.42 Å². The lowest BCUT2D eigenvalue weighted by Crippen LogP contribution is -2.17. The number of aldehydes is 1. The van der Waals surface area contributed by atoms with Crippen LogP contribution in [0.25, 0.3) is 11.5 Å². The van der Waals surface area contributed by atoms with Crippen molar-refractivity contribution in [3.05, 3.63) is 18.3 Å². The normalized spacial score (nSPS) is 15.8. The summed E-state index contributed by atoms with van der Waals surface area (Å²) >= 11 is 0. The summed E-state index contributed by atoms with van der Waals surface area (Å²) in [4.78, 5) is 10.4. The van der Waals surface area contributed by atoms with E-state index in [1.807, 2.05) is 0 Å². The van der Waals surface area contributed by atoms with Gasteiger partial charge >= 0.3 is 0 Å². The standard InChI is InChI=1S/C9H8N4O4S/c14-5-8-11-12-9(17-8)6-3-10-13(4-6)18(15,16)7-1-2-7/h3-5,7H,1-2H2. The summed E-state index contributed by atoms with van der Waals surface area (Å²) in [7, 11) is -3.41. The van der Waals surface area contributed by atoms with Crippen molar-refractivity contribution >= 4 is 16.3 Å². The number of hydrogen-bond acceptors (Lipinski definition) is 7. The molecule has 2 aromatic rings. The quantitative estimate of drug-likeness (QED) is 0.722. The third kappa shape index (κ3) is 1.72. The van der Waals surface area contributed by atoms with E-state index in [1.165, 1.54) is 12.4 Å². The molecule has 9 heteroatoms. The van der Waals surface area contributed by atoms with Crippen LogP contribution in [0.2, 0.25) is 0 Å². The summed E-state index contributed by atoms with van der Waals surface area (Å²) in [6.45, 7) is 0. The molecule has 1 aliphatic carbocycles. The average molecular weight is 268 g/mol. The topological polar surface area (TPSA) is 108 Å². The Morgan fingerprint density at radius 3 is 2.78 bits per heavy atom. The molecule has 0 aliphatic heterocycles. The molecule has 0 bridgehead atoms. The Hall–Kier alpha value is -2.03. The molecule has 0 aromatic carbocycles. The highest BCUT2D eigenvalue weighted by molar-refractivity contribution is 7.90. The molecule has 1 saturated carbocycles. The van der Waals surface area contributed by atoms with Gasteiger partial charge in [-0.2, -0.15) is 9.19 Å². The zero-order valence-corrected chi connectivity index (χ0v) is 9.87. The molecule has 0 amide bonds. The summed E-state index contributed by atoms with van der Waals surface area (Å²) in [6, 6.07) is 0. The van der Waals surface area contributed by atoms with Gasteiger partial charge in [0.2, 0.25) is 6.29 Å². The molecule has 1 aliphatic rings. The molecule has 0 N–H and O–H groups in total. The minimum atomic E-state index is -3.41. The fourth-order valence-electron chi connectivity index (χ4n) is 1.47. The molecule has 0 spiro atoms. The van der Waals surface area contributed by atoms with Gasteiger partial charge in [-0.05, 0) is 12.8 Å². The van der Waals surface area contributed by atoms with Crippen LogP contribution in [0.3, 0.4) is 0 Å². The van der Waals surface area contributed by atoms with E-state index in [1.54, 1.807) is 0 Å². The van der Waals surface area contributed by atoms with Gasteiger partial charge in [-0.25, -0.2) is 8.42 Å². The second-order valence-corrected chi connectivity index (χ2v) is 5.98. The highest BCUT2D eigenvalue weighted by Crippen LogP contribution is 2.30. The molecule has 0 unspecified atom stereocenters. The Morgan fingerprint density at radius 1 is 1.39 bits per heavy atom. The van der Waals surface area contributed by atoms with Crippen LogP contribution >= 0.6 is 0 Å². The molecule has 2 aromatic heterocycles. The Labute approximate surface area is 102 Å². The minimum absolute atomic E-state index is 0.0642. The predicted octanol–water partition coefficient (Wildman–Crippen LogP) is 0.0859. The maximum atomic E-state index is 11.9. The lowest BCUT2D eigenvalue weighted by atomic mass is 10.4. The minimum Gasteiger partial charge on any atom is -0.414 e. The molecule has 94 valence electrons. The summed E-state index contributed by atoms with van der Waals surface area (Å²) in [5.41, 5.74) is 0.361. The van der Waals surface area contributed by atoms with Crippen molar-refractivity contribution in [2.45, 2.75) is 18.1 Å². The predicted molar refractivity (Wildman–Crippen MR) is 58.2 cm³/mol. The summed E-state index contributed by atoms with van der Waals surface area (Å²) in [5.74, 6) is -0.0999. The first-order chi connectivity index (χ1) is 8.61. The largest absolute Gasteiger partial charge is 0.414 e. The van der Waals surface area contributed by atoms with E-state index in [2.05, 4.69) is 15.3 Å². The number of nitrogens with zero attached hydrogens (tertiary/aromatic N) is 4. The van der Waals surface area contributed by atoms with Crippen molar-refractivity contribution in [1.29, 1.82) is 0 Å². The lowest BCUT2D eigenvalue weighted by Gasteiger charge is -1.99. The first kappa shape index (κ1) is 11.1. The molecule has 8 nitrogen and oxygen atoms in total. The molecule has 1 fully saturated rings. The molecule has 3 rings (SSSR count). The van der Waals surface area contributed by atoms with Gasteiger partial charge in [-0.1, -0.05) is 0 Å². The molecule has 0 radical (unpaired) electrons. The number of rotatable bonds is 4. The fraction of sp³-hybridized carbons (Fsp3) is 0.333. The Bertz CT molecular complexity index is 698. The van der Waals surface area contributed by atoms with Gasteiger partial charge in [0.15, 0.2) is 0 Å². The van der Waals surface area contributed by atoms with E-state index >= 15 is 0 Å². The second-order valence-electron chi connectivity index (χ2n) is 3.91. The van der Waals surface area contributed by atoms with Gasteiger partial charge < -0.3 is 4.42 Å². The Kier molecular flexibility index (Phi) is 2.30. The maximum absolute atomic E-state index is 11.9. The first-order valence-electron chi connectivity index (χ1n) is 5.19. The summed E-state index contributed by atoms with van der Waals surface area (Å²) in [5, 5.41) is 10.5. The number of carbonyl (C=O) groups is 1. The molecule has 0 atom stereocenters. The number of aromatic nitrogens is 4. The van der Waals surface area contributed by atoms with Crippen molar-refractivity contribution in [2.75, 3.05) is 0 Å². The van der Waals surface area contributed by atoms with Crippen LogP contribution in [0.5, 0.6) is 0 Å². The van der Waals surface area contributed by atoms with Gasteiger partial charge in [-0.3, -0.25) is 4.79 Å². The van der Waals surface area contributed by atoms with E-state index in [0.29, 0.717) is 24.7 Å². The maximum Gasteiger partial charge on any atom is 0.280 e. The molecule has 0 saturated heterocycles. The zero-order valence-electron chi connectivity index (χ0n) is 9.05. The van der Waals surface area contributed by atoms with E-state index in [-0.39, 0.29) is 17.0 Å². The molecular formula is C9H8N4O4S. The van der Waals surface area contributed by atoms with E-state index in [9.17, 15) is 13.2 Å². The monoisotopic (exact) mass is 268 g/mol. The second kappa shape index (κ2) is 3.73. The van der Waals surface area contributed by atoms with Crippen LogP contribution in [0.1, 0.15) is 23.5 Å². The number of carbonyl (C=O) groups excluding carboxylic acids is 1. The molecule has 18 heavy (non-hydrogen) atoms. The SMILES string of the molecule is O=Cc1nnc(-c2cnn(S(=O)(=O)C3CC3)c2)o1. The smallest absolute Gasteiger partial charge is 0.280 e. The summed E-state index contributed by atoms with van der Waals surface area (Å²) < 4.78 is 29.6. The first-order valence-corrected chi connectivity index (χ1v) is 6.69. The third-order valence-corrected chi connectivity index (χ3v) is 4.59. The van der Waals surface area contributed by atoms with Crippen molar-refractivity contribution in [3.8, 4) is 11.5 Å². The van der Waals surface area contributed by atoms with Crippen molar-refractivity contribution < 1.29 is 17.6 Å². The van der Waals surface area contributed by atoms with E-state index in [0.717, 1.165) is 4.09 Å². The average Bonchev–Trinajstić information content (AvgIpc) is 2.93. The molecular weight excluding hydrogens is 260 g/mol. The van der Waals surface area contributed by atoms with Crippen LogP contribution in [-0.4, -0.2) is 39.3 Å². The fourth-order valence-corrected chi connectivity index (χ4v) is 2.95. The summed E-state index contributed by atoms with van der Waals surface area (Å²) in [6.07, 6.45) is 4.35. The van der Waals surface area contributed by atoms with Gasteiger partial charge in [0.25, 0.3) is 21.8 Å². The van der Waals surface area contributed by atoms with Gasteiger partial charge in [0, 0.05) is 0 Å². The third-order valence-electron chi connectivity index (χ3n) is 2.55. The van der Waals surface area contributed by atoms with Crippen LogP contribution < -0.4 is 0 Å². The molecule has 2 heterocycles. The zero-order chi connectivity index (χ0) is 12.8. The van der Waals surface area contributed by atoms with Crippen LogP contribution in [0.15, 0.2) is 16.8 Å². The van der Waals surface area contributed by atoms with Crippen molar-refractivity contribution in [2.24, 2.45) is 0 Å². The van der Waals surface area contributed by atoms with Crippen LogP contribution in [0.4, 0.5) is 0 Å². The highest BCUT2D eigenvalue weighted by atomic mass is 32.2. The Morgan fingerprint density at radius 2 is 2.17 bits per heavy atom. The van der Waals surface area contributed by atoms with Crippen molar-refractivity contribution in [1.82, 2.24) is 19.4 Å². The van der Waals surface area contributed by atoms with Crippen LogP contribution in [-0.2, 0) is 10.0 Å².